The minimum absolute atomic E-state index is 0.00214. The maximum Gasteiger partial charge on any atom is 0.253 e. The number of carbonyl (C=O) groups is 2. The Labute approximate surface area is 155 Å². The maximum atomic E-state index is 12.4. The predicted octanol–water partition coefficient (Wildman–Crippen LogP) is 3.66. The Balaban J connectivity index is 1.65. The van der Waals surface area contributed by atoms with Crippen molar-refractivity contribution in [3.05, 3.63) is 59.7 Å². The van der Waals surface area contributed by atoms with E-state index in [0.29, 0.717) is 0 Å². The fraction of sp³-hybridized carbons (Fsp3) is 0.364. The van der Waals surface area contributed by atoms with Gasteiger partial charge in [-0.2, -0.15) is 0 Å². The SMILES string of the molecule is CC(=O)NC(C)Cc1ccc(-c2ccc(C(=O)N3CCCC3)cc2)cc1. The fourth-order valence-electron chi connectivity index (χ4n) is 3.49. The van der Waals surface area contributed by atoms with Crippen LogP contribution in [-0.2, 0) is 11.2 Å². The van der Waals surface area contributed by atoms with Crippen LogP contribution < -0.4 is 5.32 Å². The fourth-order valence-corrected chi connectivity index (χ4v) is 3.49. The number of rotatable bonds is 5. The highest BCUT2D eigenvalue weighted by Crippen LogP contribution is 2.22. The monoisotopic (exact) mass is 350 g/mol. The minimum atomic E-state index is -0.00214. The average molecular weight is 350 g/mol. The Bertz CT molecular complexity index is 760. The topological polar surface area (TPSA) is 49.4 Å². The van der Waals surface area contributed by atoms with Crippen molar-refractivity contribution in [2.75, 3.05) is 13.1 Å². The standard InChI is InChI=1S/C22H26N2O2/c1-16(23-17(2)25)15-18-5-7-19(8-6-18)20-9-11-21(12-10-20)22(26)24-13-3-4-14-24/h5-12,16H,3-4,13-15H2,1-2H3,(H,23,25). The molecule has 1 fully saturated rings. The lowest BCUT2D eigenvalue weighted by atomic mass is 10.00. The highest BCUT2D eigenvalue weighted by atomic mass is 16.2. The number of amides is 2. The van der Waals surface area contributed by atoms with Crippen LogP contribution in [0.4, 0.5) is 0 Å². The molecule has 0 aliphatic carbocycles. The van der Waals surface area contributed by atoms with E-state index in [2.05, 4.69) is 29.6 Å². The van der Waals surface area contributed by atoms with E-state index in [1.807, 2.05) is 36.1 Å². The molecule has 0 aromatic heterocycles. The molecule has 0 radical (unpaired) electrons. The smallest absolute Gasteiger partial charge is 0.253 e. The van der Waals surface area contributed by atoms with Gasteiger partial charge < -0.3 is 10.2 Å². The molecule has 1 heterocycles. The van der Waals surface area contributed by atoms with E-state index in [-0.39, 0.29) is 17.9 Å². The van der Waals surface area contributed by atoms with E-state index in [9.17, 15) is 9.59 Å². The molecule has 3 rings (SSSR count). The first-order valence-electron chi connectivity index (χ1n) is 9.28. The number of nitrogens with zero attached hydrogens (tertiary/aromatic N) is 1. The summed E-state index contributed by atoms with van der Waals surface area (Å²) < 4.78 is 0. The molecule has 1 aliphatic heterocycles. The average Bonchev–Trinajstić information content (AvgIpc) is 3.16. The number of likely N-dealkylation sites (tertiary alicyclic amines) is 1. The van der Waals surface area contributed by atoms with Crippen molar-refractivity contribution >= 4 is 11.8 Å². The van der Waals surface area contributed by atoms with Crippen LogP contribution >= 0.6 is 0 Å². The van der Waals surface area contributed by atoms with Crippen molar-refractivity contribution in [1.82, 2.24) is 10.2 Å². The summed E-state index contributed by atoms with van der Waals surface area (Å²) in [7, 11) is 0. The minimum Gasteiger partial charge on any atom is -0.354 e. The molecule has 2 aromatic carbocycles. The Morgan fingerprint density at radius 2 is 1.50 bits per heavy atom. The van der Waals surface area contributed by atoms with Crippen molar-refractivity contribution in [3.8, 4) is 11.1 Å². The van der Waals surface area contributed by atoms with Crippen molar-refractivity contribution in [2.45, 2.75) is 39.2 Å². The van der Waals surface area contributed by atoms with Gasteiger partial charge in [0, 0.05) is 31.6 Å². The molecule has 1 unspecified atom stereocenters. The number of benzene rings is 2. The zero-order valence-electron chi connectivity index (χ0n) is 15.5. The van der Waals surface area contributed by atoms with Gasteiger partial charge in [-0.05, 0) is 55.0 Å². The van der Waals surface area contributed by atoms with E-state index in [4.69, 9.17) is 0 Å². The van der Waals surface area contributed by atoms with Gasteiger partial charge in [0.15, 0.2) is 0 Å². The summed E-state index contributed by atoms with van der Waals surface area (Å²) in [4.78, 5) is 25.4. The molecule has 4 heteroatoms. The molecule has 0 spiro atoms. The molecular formula is C22H26N2O2. The normalized spacial score (nSPS) is 14.9. The number of hydrogen-bond acceptors (Lipinski definition) is 2. The van der Waals surface area contributed by atoms with Gasteiger partial charge in [-0.1, -0.05) is 36.4 Å². The molecule has 1 atom stereocenters. The number of carbonyl (C=O) groups excluding carboxylic acids is 2. The van der Waals surface area contributed by atoms with Crippen LogP contribution in [0.25, 0.3) is 11.1 Å². The largest absolute Gasteiger partial charge is 0.354 e. The molecule has 1 N–H and O–H groups in total. The van der Waals surface area contributed by atoms with Gasteiger partial charge in [-0.3, -0.25) is 9.59 Å². The molecule has 0 saturated carbocycles. The maximum absolute atomic E-state index is 12.4. The van der Waals surface area contributed by atoms with Crippen LogP contribution in [0.1, 0.15) is 42.6 Å². The van der Waals surface area contributed by atoms with Crippen molar-refractivity contribution in [2.24, 2.45) is 0 Å². The van der Waals surface area contributed by atoms with Crippen LogP contribution in [0, 0.1) is 0 Å². The lowest BCUT2D eigenvalue weighted by Crippen LogP contribution is -2.31. The van der Waals surface area contributed by atoms with E-state index in [0.717, 1.165) is 49.0 Å². The first-order chi connectivity index (χ1) is 12.5. The number of nitrogens with one attached hydrogen (secondary N) is 1. The van der Waals surface area contributed by atoms with E-state index in [1.165, 1.54) is 12.5 Å². The second kappa shape index (κ2) is 8.17. The molecule has 2 amide bonds. The van der Waals surface area contributed by atoms with Crippen LogP contribution in [0.3, 0.4) is 0 Å². The van der Waals surface area contributed by atoms with Crippen LogP contribution in [-0.4, -0.2) is 35.8 Å². The molecular weight excluding hydrogens is 324 g/mol. The van der Waals surface area contributed by atoms with Gasteiger partial charge >= 0.3 is 0 Å². The van der Waals surface area contributed by atoms with Crippen molar-refractivity contribution in [1.29, 1.82) is 0 Å². The molecule has 1 aliphatic rings. The lowest BCUT2D eigenvalue weighted by Gasteiger charge is -2.15. The summed E-state index contributed by atoms with van der Waals surface area (Å²) >= 11 is 0. The summed E-state index contributed by atoms with van der Waals surface area (Å²) in [5.74, 6) is 0.133. The van der Waals surface area contributed by atoms with Gasteiger partial charge in [0.25, 0.3) is 5.91 Å². The Morgan fingerprint density at radius 3 is 2.04 bits per heavy atom. The van der Waals surface area contributed by atoms with E-state index in [1.54, 1.807) is 0 Å². The van der Waals surface area contributed by atoms with Gasteiger partial charge in [0.05, 0.1) is 0 Å². The Kier molecular flexibility index (Phi) is 5.71. The quantitative estimate of drug-likeness (QED) is 0.895. The van der Waals surface area contributed by atoms with Crippen LogP contribution in [0.15, 0.2) is 48.5 Å². The summed E-state index contributed by atoms with van der Waals surface area (Å²) in [6.07, 6.45) is 3.02. The number of hydrogen-bond donors (Lipinski definition) is 1. The first-order valence-corrected chi connectivity index (χ1v) is 9.28. The van der Waals surface area contributed by atoms with Crippen LogP contribution in [0.2, 0.25) is 0 Å². The summed E-state index contributed by atoms with van der Waals surface area (Å²) in [5, 5.41) is 2.90. The van der Waals surface area contributed by atoms with Crippen LogP contribution in [0.5, 0.6) is 0 Å². The van der Waals surface area contributed by atoms with E-state index >= 15 is 0 Å². The second-order valence-corrected chi connectivity index (χ2v) is 7.08. The molecule has 1 saturated heterocycles. The third-order valence-corrected chi connectivity index (χ3v) is 4.80. The molecule has 4 nitrogen and oxygen atoms in total. The summed E-state index contributed by atoms with van der Waals surface area (Å²) in [5.41, 5.74) is 4.18. The zero-order valence-corrected chi connectivity index (χ0v) is 15.5. The third kappa shape index (κ3) is 4.51. The van der Waals surface area contributed by atoms with Gasteiger partial charge in [0.1, 0.15) is 0 Å². The van der Waals surface area contributed by atoms with Gasteiger partial charge in [-0.15, -0.1) is 0 Å². The van der Waals surface area contributed by atoms with Crippen molar-refractivity contribution < 1.29 is 9.59 Å². The molecule has 0 bridgehead atoms. The zero-order chi connectivity index (χ0) is 18.5. The Morgan fingerprint density at radius 1 is 0.962 bits per heavy atom. The molecule has 136 valence electrons. The van der Waals surface area contributed by atoms with E-state index < -0.39 is 0 Å². The first kappa shape index (κ1) is 18.2. The highest BCUT2D eigenvalue weighted by Gasteiger charge is 2.19. The van der Waals surface area contributed by atoms with Gasteiger partial charge in [-0.25, -0.2) is 0 Å². The van der Waals surface area contributed by atoms with Gasteiger partial charge in [0.2, 0.25) is 5.91 Å². The Hall–Kier alpha value is -2.62. The highest BCUT2D eigenvalue weighted by molar-refractivity contribution is 5.94. The predicted molar refractivity (Wildman–Crippen MR) is 104 cm³/mol. The third-order valence-electron chi connectivity index (χ3n) is 4.80. The molecule has 2 aromatic rings. The molecule has 26 heavy (non-hydrogen) atoms. The second-order valence-electron chi connectivity index (χ2n) is 7.08. The lowest BCUT2D eigenvalue weighted by molar-refractivity contribution is -0.119. The summed E-state index contributed by atoms with van der Waals surface area (Å²) in [6, 6.07) is 16.4. The summed E-state index contributed by atoms with van der Waals surface area (Å²) in [6.45, 7) is 5.29. The van der Waals surface area contributed by atoms with Crippen molar-refractivity contribution in [3.63, 3.8) is 0 Å².